The van der Waals surface area contributed by atoms with Crippen LogP contribution in [-0.4, -0.2) is 16.7 Å². The Morgan fingerprint density at radius 3 is 2.36 bits per heavy atom. The molecule has 1 amide bonds. The zero-order valence-corrected chi connectivity index (χ0v) is 11.8. The molecule has 0 spiro atoms. The van der Waals surface area contributed by atoms with Gasteiger partial charge in [-0.15, -0.1) is 0 Å². The third-order valence-corrected chi connectivity index (χ3v) is 3.34. The molecular formula is C17H13FN2O2. The molecule has 2 aromatic carbocycles. The van der Waals surface area contributed by atoms with E-state index in [1.54, 1.807) is 37.3 Å². The SMILES string of the molecule is CC1=NN(c2ccc(F)cc2)C(=O)/C1=C\c1ccc(O)cc1. The van der Waals surface area contributed by atoms with Crippen LogP contribution in [0.1, 0.15) is 12.5 Å². The fourth-order valence-electron chi connectivity index (χ4n) is 2.18. The van der Waals surface area contributed by atoms with Crippen molar-refractivity contribution in [1.82, 2.24) is 0 Å². The summed E-state index contributed by atoms with van der Waals surface area (Å²) in [5.74, 6) is -0.466. The molecule has 1 N–H and O–H groups in total. The topological polar surface area (TPSA) is 52.9 Å². The Hall–Kier alpha value is -2.95. The fraction of sp³-hybridized carbons (Fsp3) is 0.0588. The molecule has 0 unspecified atom stereocenters. The van der Waals surface area contributed by atoms with E-state index in [2.05, 4.69) is 5.10 Å². The molecule has 22 heavy (non-hydrogen) atoms. The predicted octanol–water partition coefficient (Wildman–Crippen LogP) is 3.34. The van der Waals surface area contributed by atoms with Crippen molar-refractivity contribution in [3.63, 3.8) is 0 Å². The van der Waals surface area contributed by atoms with Crippen molar-refractivity contribution in [2.24, 2.45) is 5.10 Å². The highest BCUT2D eigenvalue weighted by Crippen LogP contribution is 2.25. The van der Waals surface area contributed by atoms with E-state index in [1.165, 1.54) is 29.3 Å². The zero-order valence-electron chi connectivity index (χ0n) is 11.8. The number of carbonyl (C=O) groups excluding carboxylic acids is 1. The maximum absolute atomic E-state index is 13.0. The van der Waals surface area contributed by atoms with Crippen molar-refractivity contribution in [2.75, 3.05) is 5.01 Å². The van der Waals surface area contributed by atoms with Gasteiger partial charge in [-0.2, -0.15) is 10.1 Å². The monoisotopic (exact) mass is 296 g/mol. The lowest BCUT2D eigenvalue weighted by molar-refractivity contribution is -0.114. The summed E-state index contributed by atoms with van der Waals surface area (Å²) in [6, 6.07) is 12.1. The first-order valence-electron chi connectivity index (χ1n) is 6.71. The normalized spacial score (nSPS) is 16.3. The Balaban J connectivity index is 1.92. The summed E-state index contributed by atoms with van der Waals surface area (Å²) in [5.41, 5.74) is 2.36. The lowest BCUT2D eigenvalue weighted by atomic mass is 10.1. The number of hydrogen-bond donors (Lipinski definition) is 1. The van der Waals surface area contributed by atoms with Gasteiger partial charge in [0.25, 0.3) is 5.91 Å². The number of phenols is 1. The number of anilines is 1. The van der Waals surface area contributed by atoms with Crippen molar-refractivity contribution in [3.8, 4) is 5.75 Å². The van der Waals surface area contributed by atoms with Gasteiger partial charge in [-0.3, -0.25) is 4.79 Å². The second-order valence-electron chi connectivity index (χ2n) is 4.93. The van der Waals surface area contributed by atoms with E-state index in [1.807, 2.05) is 0 Å². The first kappa shape index (κ1) is 14.0. The number of hydrogen-bond acceptors (Lipinski definition) is 3. The van der Waals surface area contributed by atoms with Crippen LogP contribution in [0.15, 0.2) is 59.2 Å². The summed E-state index contributed by atoms with van der Waals surface area (Å²) in [7, 11) is 0. The van der Waals surface area contributed by atoms with Gasteiger partial charge in [0.15, 0.2) is 0 Å². The molecule has 4 nitrogen and oxygen atoms in total. The molecule has 3 rings (SSSR count). The van der Waals surface area contributed by atoms with Crippen LogP contribution in [0.25, 0.3) is 6.08 Å². The molecule has 1 aliphatic heterocycles. The average molecular weight is 296 g/mol. The molecule has 0 aliphatic carbocycles. The summed E-state index contributed by atoms with van der Waals surface area (Å²) in [6.45, 7) is 1.74. The third-order valence-electron chi connectivity index (χ3n) is 3.34. The third kappa shape index (κ3) is 2.61. The van der Waals surface area contributed by atoms with Crippen LogP contribution in [0.3, 0.4) is 0 Å². The van der Waals surface area contributed by atoms with Gasteiger partial charge in [-0.25, -0.2) is 4.39 Å². The number of rotatable bonds is 2. The molecule has 2 aromatic rings. The van der Waals surface area contributed by atoms with Crippen LogP contribution in [-0.2, 0) is 4.79 Å². The molecule has 1 aliphatic rings. The van der Waals surface area contributed by atoms with Gasteiger partial charge in [0.1, 0.15) is 11.6 Å². The quantitative estimate of drug-likeness (QED) is 0.864. The van der Waals surface area contributed by atoms with Crippen molar-refractivity contribution in [3.05, 3.63) is 65.5 Å². The summed E-state index contributed by atoms with van der Waals surface area (Å²) >= 11 is 0. The highest BCUT2D eigenvalue weighted by Gasteiger charge is 2.28. The highest BCUT2D eigenvalue weighted by molar-refractivity contribution is 6.32. The minimum Gasteiger partial charge on any atom is -0.508 e. The van der Waals surface area contributed by atoms with Crippen molar-refractivity contribution in [2.45, 2.75) is 6.92 Å². The molecule has 0 fully saturated rings. The Labute approximate surface area is 126 Å². The first-order chi connectivity index (χ1) is 10.5. The molecule has 1 heterocycles. The largest absolute Gasteiger partial charge is 0.508 e. The fourth-order valence-corrected chi connectivity index (χ4v) is 2.18. The van der Waals surface area contributed by atoms with Crippen LogP contribution in [0.2, 0.25) is 0 Å². The van der Waals surface area contributed by atoms with E-state index in [9.17, 15) is 14.3 Å². The molecule has 0 atom stereocenters. The molecule has 0 saturated carbocycles. The van der Waals surface area contributed by atoms with E-state index in [-0.39, 0.29) is 17.5 Å². The maximum Gasteiger partial charge on any atom is 0.280 e. The van der Waals surface area contributed by atoms with Gasteiger partial charge in [0.05, 0.1) is 17.0 Å². The van der Waals surface area contributed by atoms with Gasteiger partial charge in [0.2, 0.25) is 0 Å². The number of carbonyl (C=O) groups is 1. The lowest BCUT2D eigenvalue weighted by Crippen LogP contribution is -2.21. The van der Waals surface area contributed by atoms with Crippen LogP contribution >= 0.6 is 0 Å². The predicted molar refractivity (Wildman–Crippen MR) is 83.1 cm³/mol. The Kier molecular flexibility index (Phi) is 3.47. The first-order valence-corrected chi connectivity index (χ1v) is 6.71. The number of phenolic OH excluding ortho intramolecular Hbond substituents is 1. The number of benzene rings is 2. The average Bonchev–Trinajstić information content (AvgIpc) is 2.78. The van der Waals surface area contributed by atoms with Gasteiger partial charge in [-0.1, -0.05) is 12.1 Å². The number of amides is 1. The van der Waals surface area contributed by atoms with E-state index >= 15 is 0 Å². The van der Waals surface area contributed by atoms with E-state index in [0.29, 0.717) is 17.0 Å². The van der Waals surface area contributed by atoms with Crippen molar-refractivity contribution in [1.29, 1.82) is 0 Å². The van der Waals surface area contributed by atoms with E-state index < -0.39 is 0 Å². The van der Waals surface area contributed by atoms with Gasteiger partial charge in [0, 0.05) is 0 Å². The summed E-state index contributed by atoms with van der Waals surface area (Å²) in [5, 5.41) is 14.8. The van der Waals surface area contributed by atoms with Crippen molar-refractivity contribution >= 4 is 23.4 Å². The minimum atomic E-state index is -0.365. The van der Waals surface area contributed by atoms with Gasteiger partial charge >= 0.3 is 0 Å². The Bertz CT molecular complexity index is 777. The summed E-state index contributed by atoms with van der Waals surface area (Å²) < 4.78 is 13.0. The van der Waals surface area contributed by atoms with Crippen molar-refractivity contribution < 1.29 is 14.3 Å². The molecule has 0 radical (unpaired) electrons. The zero-order chi connectivity index (χ0) is 15.7. The molecule has 0 aromatic heterocycles. The highest BCUT2D eigenvalue weighted by atomic mass is 19.1. The van der Waals surface area contributed by atoms with Gasteiger partial charge in [-0.05, 0) is 55.0 Å². The van der Waals surface area contributed by atoms with E-state index in [0.717, 1.165) is 5.56 Å². The van der Waals surface area contributed by atoms with Crippen LogP contribution in [0.4, 0.5) is 10.1 Å². The second-order valence-corrected chi connectivity index (χ2v) is 4.93. The number of aromatic hydroxyl groups is 1. The van der Waals surface area contributed by atoms with Crippen LogP contribution in [0, 0.1) is 5.82 Å². The maximum atomic E-state index is 13.0. The smallest absolute Gasteiger partial charge is 0.280 e. The van der Waals surface area contributed by atoms with E-state index in [4.69, 9.17) is 0 Å². The molecule has 0 saturated heterocycles. The van der Waals surface area contributed by atoms with Gasteiger partial charge < -0.3 is 5.11 Å². The Morgan fingerprint density at radius 1 is 1.09 bits per heavy atom. The molecule has 0 bridgehead atoms. The van der Waals surface area contributed by atoms with Crippen LogP contribution in [0.5, 0.6) is 5.75 Å². The second kappa shape index (κ2) is 5.44. The summed E-state index contributed by atoms with van der Waals surface area (Å²) in [6.07, 6.45) is 1.71. The Morgan fingerprint density at radius 2 is 1.73 bits per heavy atom. The lowest BCUT2D eigenvalue weighted by Gasteiger charge is -2.11. The molecule has 110 valence electrons. The number of halogens is 1. The number of hydrazone groups is 1. The number of nitrogens with zero attached hydrogens (tertiary/aromatic N) is 2. The molecular weight excluding hydrogens is 283 g/mol. The molecule has 5 heteroatoms. The minimum absolute atomic E-state index is 0.165. The summed E-state index contributed by atoms with van der Waals surface area (Å²) in [4.78, 5) is 12.5. The van der Waals surface area contributed by atoms with Crippen LogP contribution < -0.4 is 5.01 Å². The standard InChI is InChI=1S/C17H13FN2O2/c1-11-16(10-12-2-8-15(21)9-3-12)17(22)20(19-11)14-6-4-13(18)5-7-14/h2-10,21H,1H3/b16-10-.